The SMILES string of the molecule is CN=C(NCC(=O)N(C)C)N1CCN(C(C)=O)C2(CCCCC2)C1. The predicted octanol–water partition coefficient (Wildman–Crippen LogP) is 0.517. The van der Waals surface area contributed by atoms with Gasteiger partial charge in [-0.15, -0.1) is 0 Å². The van der Waals surface area contributed by atoms with Crippen molar-refractivity contribution in [1.29, 1.82) is 0 Å². The lowest BCUT2D eigenvalue weighted by Crippen LogP contribution is -2.66. The Morgan fingerprint density at radius 1 is 1.17 bits per heavy atom. The lowest BCUT2D eigenvalue weighted by atomic mass is 9.78. The summed E-state index contributed by atoms with van der Waals surface area (Å²) in [6.07, 6.45) is 5.69. The van der Waals surface area contributed by atoms with Gasteiger partial charge in [0.15, 0.2) is 5.96 Å². The van der Waals surface area contributed by atoms with E-state index in [9.17, 15) is 9.59 Å². The molecule has 1 saturated carbocycles. The number of guanidine groups is 1. The summed E-state index contributed by atoms with van der Waals surface area (Å²) in [6.45, 7) is 4.17. The van der Waals surface area contributed by atoms with E-state index in [-0.39, 0.29) is 23.9 Å². The minimum atomic E-state index is -0.0779. The summed E-state index contributed by atoms with van der Waals surface area (Å²) < 4.78 is 0. The first kappa shape index (κ1) is 18.5. The fourth-order valence-corrected chi connectivity index (χ4v) is 3.93. The number of hydrogen-bond acceptors (Lipinski definition) is 3. The lowest BCUT2D eigenvalue weighted by molar-refractivity contribution is -0.140. The summed E-state index contributed by atoms with van der Waals surface area (Å²) in [7, 11) is 5.23. The van der Waals surface area contributed by atoms with Crippen LogP contribution in [0.15, 0.2) is 4.99 Å². The summed E-state index contributed by atoms with van der Waals surface area (Å²) in [5, 5.41) is 3.17. The number of carbonyl (C=O) groups is 2. The molecule has 1 spiro atoms. The molecular weight excluding hydrogens is 306 g/mol. The van der Waals surface area contributed by atoms with E-state index in [0.29, 0.717) is 0 Å². The van der Waals surface area contributed by atoms with Crippen LogP contribution in [0, 0.1) is 0 Å². The molecule has 0 aromatic heterocycles. The van der Waals surface area contributed by atoms with Gasteiger partial charge in [0.25, 0.3) is 0 Å². The zero-order valence-corrected chi connectivity index (χ0v) is 15.5. The molecule has 0 atom stereocenters. The van der Waals surface area contributed by atoms with Gasteiger partial charge >= 0.3 is 0 Å². The zero-order valence-electron chi connectivity index (χ0n) is 15.5. The summed E-state index contributed by atoms with van der Waals surface area (Å²) in [4.78, 5) is 34.1. The molecule has 0 bridgehead atoms. The first-order valence-corrected chi connectivity index (χ1v) is 8.83. The van der Waals surface area contributed by atoms with Crippen LogP contribution in [0.5, 0.6) is 0 Å². The van der Waals surface area contributed by atoms with Crippen LogP contribution in [-0.4, -0.2) is 85.3 Å². The number of piperazine rings is 1. The Balaban J connectivity index is 2.08. The number of aliphatic imine (C=N–C) groups is 1. The van der Waals surface area contributed by atoms with Crippen LogP contribution >= 0.6 is 0 Å². The van der Waals surface area contributed by atoms with Crippen molar-refractivity contribution in [2.75, 3.05) is 47.3 Å². The van der Waals surface area contributed by atoms with Gasteiger partial charge in [0.2, 0.25) is 11.8 Å². The first-order valence-electron chi connectivity index (χ1n) is 8.83. The second-order valence-corrected chi connectivity index (χ2v) is 7.07. The van der Waals surface area contributed by atoms with Gasteiger partial charge in [-0.05, 0) is 12.8 Å². The monoisotopic (exact) mass is 337 g/mol. The topological polar surface area (TPSA) is 68.2 Å². The van der Waals surface area contributed by atoms with Crippen molar-refractivity contribution in [2.45, 2.75) is 44.6 Å². The minimum absolute atomic E-state index is 0.0194. The number of likely N-dealkylation sites (N-methyl/N-ethyl adjacent to an activating group) is 1. The lowest BCUT2D eigenvalue weighted by Gasteiger charge is -2.53. The number of nitrogens with zero attached hydrogens (tertiary/aromatic N) is 4. The van der Waals surface area contributed by atoms with E-state index < -0.39 is 0 Å². The molecular formula is C17H31N5O2. The standard InChI is InChI=1S/C17H31N5O2/c1-14(23)22-11-10-21(13-17(22)8-6-5-7-9-17)16(18-2)19-12-15(24)20(3)4/h5-13H2,1-4H3,(H,18,19). The van der Waals surface area contributed by atoms with Crippen LogP contribution in [-0.2, 0) is 9.59 Å². The van der Waals surface area contributed by atoms with E-state index in [2.05, 4.69) is 20.1 Å². The number of rotatable bonds is 2. The maximum Gasteiger partial charge on any atom is 0.241 e. The summed E-state index contributed by atoms with van der Waals surface area (Å²) in [6, 6.07) is 0. The fraction of sp³-hybridized carbons (Fsp3) is 0.824. The van der Waals surface area contributed by atoms with Crippen LogP contribution in [0.3, 0.4) is 0 Å². The van der Waals surface area contributed by atoms with Crippen molar-refractivity contribution in [3.63, 3.8) is 0 Å². The smallest absolute Gasteiger partial charge is 0.241 e. The van der Waals surface area contributed by atoms with Crippen molar-refractivity contribution in [3.05, 3.63) is 0 Å². The van der Waals surface area contributed by atoms with Gasteiger partial charge in [0.1, 0.15) is 0 Å². The predicted molar refractivity (Wildman–Crippen MR) is 94.8 cm³/mol. The van der Waals surface area contributed by atoms with E-state index >= 15 is 0 Å². The van der Waals surface area contributed by atoms with E-state index in [0.717, 1.165) is 38.4 Å². The third-order valence-corrected chi connectivity index (χ3v) is 5.22. The van der Waals surface area contributed by atoms with Gasteiger partial charge in [0, 0.05) is 47.7 Å². The molecule has 0 aromatic carbocycles. The van der Waals surface area contributed by atoms with Gasteiger partial charge in [-0.25, -0.2) is 0 Å². The highest BCUT2D eigenvalue weighted by Gasteiger charge is 2.44. The summed E-state index contributed by atoms with van der Waals surface area (Å²) in [5.74, 6) is 0.937. The summed E-state index contributed by atoms with van der Waals surface area (Å²) in [5.41, 5.74) is -0.0779. The normalized spacial score (nSPS) is 20.9. The van der Waals surface area contributed by atoms with Gasteiger partial charge in [-0.1, -0.05) is 19.3 Å². The second-order valence-electron chi connectivity index (χ2n) is 7.07. The third kappa shape index (κ3) is 3.99. The number of hydrogen-bond donors (Lipinski definition) is 1. The minimum Gasteiger partial charge on any atom is -0.347 e. The van der Waals surface area contributed by atoms with Crippen LogP contribution in [0.2, 0.25) is 0 Å². The van der Waals surface area contributed by atoms with E-state index in [1.807, 2.05) is 0 Å². The Kier molecular flexibility index (Phi) is 6.07. The van der Waals surface area contributed by atoms with Gasteiger partial charge in [-0.3, -0.25) is 14.6 Å². The number of nitrogens with one attached hydrogen (secondary N) is 1. The highest BCUT2D eigenvalue weighted by atomic mass is 16.2. The fourth-order valence-electron chi connectivity index (χ4n) is 3.93. The average Bonchev–Trinajstić information content (AvgIpc) is 2.55. The van der Waals surface area contributed by atoms with Crippen molar-refractivity contribution in [1.82, 2.24) is 20.0 Å². The largest absolute Gasteiger partial charge is 0.347 e. The highest BCUT2D eigenvalue weighted by molar-refractivity contribution is 5.86. The molecule has 24 heavy (non-hydrogen) atoms. The molecule has 7 nitrogen and oxygen atoms in total. The molecule has 0 aromatic rings. The maximum atomic E-state index is 12.1. The molecule has 2 amide bonds. The van der Waals surface area contributed by atoms with Crippen molar-refractivity contribution < 1.29 is 9.59 Å². The van der Waals surface area contributed by atoms with Crippen molar-refractivity contribution in [3.8, 4) is 0 Å². The molecule has 136 valence electrons. The molecule has 2 rings (SSSR count). The molecule has 2 aliphatic rings. The van der Waals surface area contributed by atoms with Crippen LogP contribution in [0.25, 0.3) is 0 Å². The first-order chi connectivity index (χ1) is 11.4. The number of carbonyl (C=O) groups excluding carboxylic acids is 2. The molecule has 1 saturated heterocycles. The summed E-state index contributed by atoms with van der Waals surface area (Å²) >= 11 is 0. The van der Waals surface area contributed by atoms with E-state index in [1.54, 1.807) is 33.0 Å². The quantitative estimate of drug-likeness (QED) is 0.589. The molecule has 1 heterocycles. The Labute approximate surface area is 145 Å². The molecule has 7 heteroatoms. The highest BCUT2D eigenvalue weighted by Crippen LogP contribution is 2.36. The Hall–Kier alpha value is -1.79. The third-order valence-electron chi connectivity index (χ3n) is 5.22. The molecule has 2 fully saturated rings. The second kappa shape index (κ2) is 7.85. The van der Waals surface area contributed by atoms with Crippen LogP contribution < -0.4 is 5.32 Å². The van der Waals surface area contributed by atoms with Crippen molar-refractivity contribution >= 4 is 17.8 Å². The molecule has 1 aliphatic carbocycles. The maximum absolute atomic E-state index is 12.1. The van der Waals surface area contributed by atoms with Gasteiger partial charge in [0.05, 0.1) is 12.1 Å². The average molecular weight is 337 g/mol. The van der Waals surface area contributed by atoms with Gasteiger partial charge in [-0.2, -0.15) is 0 Å². The molecule has 0 radical (unpaired) electrons. The Morgan fingerprint density at radius 3 is 2.38 bits per heavy atom. The van der Waals surface area contributed by atoms with E-state index in [4.69, 9.17) is 0 Å². The Bertz CT molecular complexity index is 497. The Morgan fingerprint density at radius 2 is 1.83 bits per heavy atom. The van der Waals surface area contributed by atoms with Crippen molar-refractivity contribution in [2.24, 2.45) is 4.99 Å². The molecule has 1 aliphatic heterocycles. The van der Waals surface area contributed by atoms with Gasteiger partial charge < -0.3 is 20.0 Å². The van der Waals surface area contributed by atoms with Crippen LogP contribution in [0.1, 0.15) is 39.0 Å². The van der Waals surface area contributed by atoms with Crippen LogP contribution in [0.4, 0.5) is 0 Å². The molecule has 1 N–H and O–H groups in total. The number of amides is 2. The zero-order chi connectivity index (χ0) is 17.7. The van der Waals surface area contributed by atoms with E-state index in [1.165, 1.54) is 19.3 Å². The molecule has 0 unspecified atom stereocenters.